The number of H-pyrrole nitrogens is 1. The van der Waals surface area contributed by atoms with E-state index in [1.54, 1.807) is 30.5 Å². The smallest absolute Gasteiger partial charge is 0.356 e. The van der Waals surface area contributed by atoms with Crippen molar-refractivity contribution in [1.29, 1.82) is 0 Å². The Labute approximate surface area is 139 Å². The zero-order valence-corrected chi connectivity index (χ0v) is 12.8. The second-order valence-electron chi connectivity index (χ2n) is 5.55. The van der Waals surface area contributed by atoms with Crippen molar-refractivity contribution in [3.8, 4) is 0 Å². The van der Waals surface area contributed by atoms with Crippen molar-refractivity contribution in [2.45, 2.75) is 19.0 Å². The van der Waals surface area contributed by atoms with E-state index in [0.29, 0.717) is 33.7 Å². The number of nitrogens with one attached hydrogen (secondary N) is 2. The third kappa shape index (κ3) is 3.12. The second-order valence-corrected chi connectivity index (χ2v) is 5.55. The first-order valence-corrected chi connectivity index (χ1v) is 7.51. The van der Waals surface area contributed by atoms with E-state index in [9.17, 15) is 13.2 Å². The van der Waals surface area contributed by atoms with Gasteiger partial charge in [-0.05, 0) is 24.3 Å². The van der Waals surface area contributed by atoms with Gasteiger partial charge < -0.3 is 9.84 Å². The molecule has 9 heteroatoms. The number of hydrogen-bond donors (Lipinski definition) is 2. The summed E-state index contributed by atoms with van der Waals surface area (Å²) in [5.41, 5.74) is 2.86. The molecule has 0 bridgehead atoms. The Hall–Kier alpha value is -3.10. The molecule has 0 aliphatic carbocycles. The maximum atomic E-state index is 12.4. The molecule has 0 radical (unpaired) electrons. The number of fused-ring (bicyclic) bond motifs is 2. The number of aromatic nitrogens is 4. The summed E-state index contributed by atoms with van der Waals surface area (Å²) < 4.78 is 42.3. The van der Waals surface area contributed by atoms with Crippen molar-refractivity contribution in [3.63, 3.8) is 0 Å². The molecular formula is C16H12F3N5O. The van der Waals surface area contributed by atoms with E-state index < -0.39 is 12.6 Å². The van der Waals surface area contributed by atoms with E-state index in [1.807, 2.05) is 6.07 Å². The van der Waals surface area contributed by atoms with Gasteiger partial charge in [0.2, 0.25) is 0 Å². The first-order valence-electron chi connectivity index (χ1n) is 7.51. The van der Waals surface area contributed by atoms with E-state index in [1.165, 1.54) is 0 Å². The average Bonchev–Trinajstić information content (AvgIpc) is 3.17. The molecule has 0 saturated carbocycles. The maximum Gasteiger partial charge on any atom is 0.389 e. The average molecular weight is 347 g/mol. The van der Waals surface area contributed by atoms with Crippen LogP contribution < -0.4 is 5.32 Å². The van der Waals surface area contributed by atoms with Crippen LogP contribution in [0.3, 0.4) is 0 Å². The molecular weight excluding hydrogens is 335 g/mol. The fourth-order valence-electron chi connectivity index (χ4n) is 2.59. The van der Waals surface area contributed by atoms with Gasteiger partial charge in [-0.15, -0.1) is 0 Å². The standard InChI is InChI=1S/C16H12F3N5O/c17-16(18,19)6-5-11-10-4-3-9(8-13(10)25-24-11)21-15-14-12(22-23-15)2-1-7-20-14/h1-4,7-8H,5-6H2,(H2,21,22,23). The quantitative estimate of drug-likeness (QED) is 0.574. The third-order valence-electron chi connectivity index (χ3n) is 3.77. The van der Waals surface area contributed by atoms with Crippen molar-refractivity contribution in [2.24, 2.45) is 0 Å². The predicted octanol–water partition coefficient (Wildman–Crippen LogP) is 4.34. The molecule has 4 rings (SSSR count). The molecule has 3 aromatic heterocycles. The molecule has 1 aromatic carbocycles. The van der Waals surface area contributed by atoms with Gasteiger partial charge in [-0.25, -0.2) is 0 Å². The van der Waals surface area contributed by atoms with Gasteiger partial charge in [0.1, 0.15) is 5.52 Å². The molecule has 4 aromatic rings. The van der Waals surface area contributed by atoms with Gasteiger partial charge in [0.25, 0.3) is 0 Å². The summed E-state index contributed by atoms with van der Waals surface area (Å²) in [7, 11) is 0. The van der Waals surface area contributed by atoms with E-state index >= 15 is 0 Å². The number of aromatic amines is 1. The van der Waals surface area contributed by atoms with Crippen molar-refractivity contribution < 1.29 is 17.7 Å². The summed E-state index contributed by atoms with van der Waals surface area (Å²) in [6, 6.07) is 8.74. The van der Waals surface area contributed by atoms with Crippen LogP contribution in [-0.2, 0) is 6.42 Å². The minimum absolute atomic E-state index is 0.211. The predicted molar refractivity (Wildman–Crippen MR) is 85.6 cm³/mol. The van der Waals surface area contributed by atoms with Crippen molar-refractivity contribution in [2.75, 3.05) is 5.32 Å². The molecule has 0 spiro atoms. The molecule has 0 unspecified atom stereocenters. The van der Waals surface area contributed by atoms with Crippen LogP contribution >= 0.6 is 0 Å². The Bertz CT molecular complexity index is 1040. The zero-order chi connectivity index (χ0) is 17.4. The molecule has 2 N–H and O–H groups in total. The van der Waals surface area contributed by atoms with Gasteiger partial charge in [0.15, 0.2) is 11.4 Å². The monoisotopic (exact) mass is 347 g/mol. The number of hydrogen-bond acceptors (Lipinski definition) is 5. The minimum atomic E-state index is -4.22. The largest absolute Gasteiger partial charge is 0.389 e. The Morgan fingerprint density at radius 1 is 1.20 bits per heavy atom. The van der Waals surface area contributed by atoms with Crippen molar-refractivity contribution in [1.82, 2.24) is 20.3 Å². The first kappa shape index (κ1) is 15.4. The van der Waals surface area contributed by atoms with Crippen LogP contribution in [0.1, 0.15) is 12.1 Å². The minimum Gasteiger partial charge on any atom is -0.356 e. The molecule has 25 heavy (non-hydrogen) atoms. The molecule has 0 fully saturated rings. The summed E-state index contributed by atoms with van der Waals surface area (Å²) in [5, 5.41) is 14.5. The summed E-state index contributed by atoms with van der Waals surface area (Å²) in [6.07, 6.45) is -3.70. The molecule has 128 valence electrons. The molecule has 0 saturated heterocycles. The molecule has 0 amide bonds. The topological polar surface area (TPSA) is 79.6 Å². The fraction of sp³-hybridized carbons (Fsp3) is 0.188. The number of halogens is 3. The highest BCUT2D eigenvalue weighted by atomic mass is 19.4. The highest BCUT2D eigenvalue weighted by Crippen LogP contribution is 2.29. The number of aryl methyl sites for hydroxylation is 1. The molecule has 0 atom stereocenters. The number of nitrogens with zero attached hydrogens (tertiary/aromatic N) is 3. The number of anilines is 2. The SMILES string of the molecule is FC(F)(F)CCc1noc2cc(Nc3n[nH]c4cccnc34)ccc12. The Morgan fingerprint density at radius 3 is 2.92 bits per heavy atom. The lowest BCUT2D eigenvalue weighted by atomic mass is 10.1. The van der Waals surface area contributed by atoms with Crippen LogP contribution in [0, 0.1) is 0 Å². The Kier molecular flexibility index (Phi) is 3.56. The van der Waals surface area contributed by atoms with Crippen molar-refractivity contribution >= 4 is 33.5 Å². The number of rotatable bonds is 4. The zero-order valence-electron chi connectivity index (χ0n) is 12.8. The highest BCUT2D eigenvalue weighted by molar-refractivity contribution is 5.89. The van der Waals surface area contributed by atoms with E-state index in [2.05, 4.69) is 25.7 Å². The highest BCUT2D eigenvalue weighted by Gasteiger charge is 2.27. The van der Waals surface area contributed by atoms with E-state index in [0.717, 1.165) is 5.52 Å². The molecule has 0 aliphatic rings. The van der Waals surface area contributed by atoms with E-state index in [4.69, 9.17) is 4.52 Å². The number of alkyl halides is 3. The lowest BCUT2D eigenvalue weighted by Crippen LogP contribution is -2.08. The van der Waals surface area contributed by atoms with Crippen LogP contribution in [0.15, 0.2) is 41.1 Å². The van der Waals surface area contributed by atoms with Crippen LogP contribution in [0.2, 0.25) is 0 Å². The maximum absolute atomic E-state index is 12.4. The van der Waals surface area contributed by atoms with Gasteiger partial charge in [0, 0.05) is 36.2 Å². The van der Waals surface area contributed by atoms with E-state index in [-0.39, 0.29) is 6.42 Å². The number of pyridine rings is 1. The Morgan fingerprint density at radius 2 is 2.08 bits per heavy atom. The summed E-state index contributed by atoms with van der Waals surface area (Å²) in [5.74, 6) is 0.548. The van der Waals surface area contributed by atoms with Crippen LogP contribution in [0.25, 0.3) is 22.0 Å². The van der Waals surface area contributed by atoms with Crippen LogP contribution in [-0.4, -0.2) is 26.5 Å². The summed E-state index contributed by atoms with van der Waals surface area (Å²) >= 11 is 0. The van der Waals surface area contributed by atoms with Crippen molar-refractivity contribution in [3.05, 3.63) is 42.2 Å². The van der Waals surface area contributed by atoms with Crippen LogP contribution in [0.5, 0.6) is 0 Å². The van der Waals surface area contributed by atoms with Gasteiger partial charge in [-0.2, -0.15) is 18.3 Å². The van der Waals surface area contributed by atoms with Crippen LogP contribution in [0.4, 0.5) is 24.7 Å². The summed E-state index contributed by atoms with van der Waals surface area (Å²) in [6.45, 7) is 0. The fourth-order valence-corrected chi connectivity index (χ4v) is 2.59. The Balaban J connectivity index is 1.59. The lowest BCUT2D eigenvalue weighted by molar-refractivity contribution is -0.134. The van der Waals surface area contributed by atoms with Gasteiger partial charge in [0.05, 0.1) is 11.2 Å². The van der Waals surface area contributed by atoms with Gasteiger partial charge in [-0.1, -0.05) is 5.16 Å². The third-order valence-corrected chi connectivity index (χ3v) is 3.77. The lowest BCUT2D eigenvalue weighted by Gasteiger charge is -2.04. The molecule has 0 aliphatic heterocycles. The van der Waals surface area contributed by atoms with Gasteiger partial charge >= 0.3 is 6.18 Å². The number of benzene rings is 1. The normalized spacial score (nSPS) is 12.1. The second kappa shape index (κ2) is 5.76. The molecule has 6 nitrogen and oxygen atoms in total. The molecule has 3 heterocycles. The first-order chi connectivity index (χ1) is 12.0. The summed E-state index contributed by atoms with van der Waals surface area (Å²) in [4.78, 5) is 4.25. The van der Waals surface area contributed by atoms with Gasteiger partial charge in [-0.3, -0.25) is 10.1 Å².